The summed E-state index contributed by atoms with van der Waals surface area (Å²) in [4.78, 5) is 38.7. The fraction of sp³-hybridized carbons (Fsp3) is 0.250. The maximum absolute atomic E-state index is 12.2. The van der Waals surface area contributed by atoms with Crippen molar-refractivity contribution in [2.75, 3.05) is 29.1 Å². The number of nitrogens with zero attached hydrogens (tertiary/aromatic N) is 1. The number of nitrogens with one attached hydrogen (secondary N) is 1. The first-order valence-electron chi connectivity index (χ1n) is 8.58. The highest BCUT2D eigenvalue weighted by Crippen LogP contribution is 2.34. The van der Waals surface area contributed by atoms with Gasteiger partial charge in [-0.1, -0.05) is 30.3 Å². The molecule has 0 saturated carbocycles. The number of aryl methyl sites for hydroxylation is 1. The van der Waals surface area contributed by atoms with Crippen molar-refractivity contribution < 1.29 is 19.1 Å². The molecule has 0 aromatic heterocycles. The molecule has 1 N–H and O–H groups in total. The molecule has 1 heterocycles. The number of carbonyl (C=O) groups is 3. The highest BCUT2D eigenvalue weighted by Gasteiger charge is 2.24. The van der Waals surface area contributed by atoms with Crippen molar-refractivity contribution in [2.45, 2.75) is 18.2 Å². The van der Waals surface area contributed by atoms with Gasteiger partial charge in [0.15, 0.2) is 6.61 Å². The van der Waals surface area contributed by atoms with Crippen molar-refractivity contribution in [1.29, 1.82) is 0 Å². The lowest BCUT2D eigenvalue weighted by molar-refractivity contribution is -0.147. The van der Waals surface area contributed by atoms with E-state index in [1.165, 1.54) is 11.8 Å². The summed E-state index contributed by atoms with van der Waals surface area (Å²) < 4.78 is 5.04. The second kappa shape index (κ2) is 8.73. The van der Waals surface area contributed by atoms with E-state index in [4.69, 9.17) is 4.74 Å². The van der Waals surface area contributed by atoms with Crippen LogP contribution in [0.4, 0.5) is 11.4 Å². The number of rotatable bonds is 6. The van der Waals surface area contributed by atoms with Gasteiger partial charge in [-0.3, -0.25) is 14.4 Å². The van der Waals surface area contributed by atoms with E-state index >= 15 is 0 Å². The molecule has 2 aromatic rings. The molecule has 27 heavy (non-hydrogen) atoms. The molecule has 0 atom stereocenters. The van der Waals surface area contributed by atoms with Crippen molar-refractivity contribution >= 4 is 40.9 Å². The standard InChI is InChI=1S/C20H20N2O4S/c1-14-6-2-3-7-15(14)21-18(23)12-26-20(25)10-11-22-16-8-4-5-9-17(16)27-13-19(22)24/h2-9H,10-13H2,1H3,(H,21,23). The number of fused-ring (bicyclic) bond motifs is 1. The van der Waals surface area contributed by atoms with Crippen LogP contribution >= 0.6 is 11.8 Å². The van der Waals surface area contributed by atoms with E-state index in [-0.39, 0.29) is 25.5 Å². The topological polar surface area (TPSA) is 75.7 Å². The number of esters is 1. The van der Waals surface area contributed by atoms with Crippen LogP contribution in [0, 0.1) is 6.92 Å². The number of para-hydroxylation sites is 2. The molecular weight excluding hydrogens is 364 g/mol. The molecule has 0 saturated heterocycles. The number of thioether (sulfide) groups is 1. The predicted octanol–water partition coefficient (Wildman–Crippen LogP) is 3.01. The third-order valence-electron chi connectivity index (χ3n) is 4.13. The Kier molecular flexibility index (Phi) is 6.13. The Bertz CT molecular complexity index is 869. The van der Waals surface area contributed by atoms with E-state index < -0.39 is 11.9 Å². The average molecular weight is 384 g/mol. The minimum absolute atomic E-state index is 0.0301. The first-order chi connectivity index (χ1) is 13.0. The number of amides is 2. The van der Waals surface area contributed by atoms with Crippen molar-refractivity contribution in [3.05, 3.63) is 54.1 Å². The normalized spacial score (nSPS) is 13.1. The lowest BCUT2D eigenvalue weighted by Crippen LogP contribution is -2.37. The summed E-state index contributed by atoms with van der Waals surface area (Å²) >= 11 is 1.49. The quantitative estimate of drug-likeness (QED) is 0.775. The Morgan fingerprint density at radius 2 is 1.89 bits per heavy atom. The minimum atomic E-state index is -0.515. The van der Waals surface area contributed by atoms with Crippen LogP contribution in [0.15, 0.2) is 53.4 Å². The van der Waals surface area contributed by atoms with Crippen LogP contribution in [0.25, 0.3) is 0 Å². The van der Waals surface area contributed by atoms with Gasteiger partial charge in [-0.2, -0.15) is 0 Å². The molecule has 6 nitrogen and oxygen atoms in total. The zero-order valence-electron chi connectivity index (χ0n) is 14.9. The van der Waals surface area contributed by atoms with Crippen LogP contribution in [0.3, 0.4) is 0 Å². The Balaban J connectivity index is 1.48. The zero-order valence-corrected chi connectivity index (χ0v) is 15.8. The summed E-state index contributed by atoms with van der Waals surface area (Å²) in [5.74, 6) is -0.596. The number of hydrogen-bond acceptors (Lipinski definition) is 5. The summed E-state index contributed by atoms with van der Waals surface area (Å²) in [5.41, 5.74) is 2.42. The maximum Gasteiger partial charge on any atom is 0.308 e. The SMILES string of the molecule is Cc1ccccc1NC(=O)COC(=O)CCN1C(=O)CSc2ccccc21. The molecule has 1 aliphatic heterocycles. The molecule has 0 spiro atoms. The molecule has 7 heteroatoms. The summed E-state index contributed by atoms with van der Waals surface area (Å²) in [6.45, 7) is 1.76. The fourth-order valence-corrected chi connectivity index (χ4v) is 3.66. The first-order valence-corrected chi connectivity index (χ1v) is 9.56. The van der Waals surface area contributed by atoms with Crippen LogP contribution in [-0.4, -0.2) is 36.7 Å². The van der Waals surface area contributed by atoms with E-state index in [9.17, 15) is 14.4 Å². The van der Waals surface area contributed by atoms with Crippen molar-refractivity contribution in [1.82, 2.24) is 0 Å². The fourth-order valence-electron chi connectivity index (χ4n) is 2.72. The highest BCUT2D eigenvalue weighted by molar-refractivity contribution is 8.00. The van der Waals surface area contributed by atoms with Gasteiger partial charge in [0.2, 0.25) is 5.91 Å². The van der Waals surface area contributed by atoms with Crippen LogP contribution in [-0.2, 0) is 19.1 Å². The number of benzene rings is 2. The number of carbonyl (C=O) groups excluding carboxylic acids is 3. The summed E-state index contributed by atoms with van der Waals surface area (Å²) in [7, 11) is 0. The molecular formula is C20H20N2O4S. The van der Waals surface area contributed by atoms with E-state index in [0.717, 1.165) is 16.1 Å². The highest BCUT2D eigenvalue weighted by atomic mass is 32.2. The Morgan fingerprint density at radius 1 is 1.15 bits per heavy atom. The molecule has 0 unspecified atom stereocenters. The van der Waals surface area contributed by atoms with Crippen molar-refractivity contribution in [3.63, 3.8) is 0 Å². The predicted molar refractivity (Wildman–Crippen MR) is 105 cm³/mol. The third-order valence-corrected chi connectivity index (χ3v) is 5.18. The van der Waals surface area contributed by atoms with Crippen LogP contribution in [0.2, 0.25) is 0 Å². The van der Waals surface area contributed by atoms with Gasteiger partial charge < -0.3 is 15.0 Å². The zero-order chi connectivity index (χ0) is 19.2. The van der Waals surface area contributed by atoms with E-state index in [1.54, 1.807) is 11.0 Å². The molecule has 2 aromatic carbocycles. The molecule has 2 amide bonds. The second-order valence-electron chi connectivity index (χ2n) is 6.08. The van der Waals surface area contributed by atoms with E-state index in [2.05, 4.69) is 5.32 Å². The molecule has 0 radical (unpaired) electrons. The number of ether oxygens (including phenoxy) is 1. The lowest BCUT2D eigenvalue weighted by atomic mass is 10.2. The van der Waals surface area contributed by atoms with Crippen LogP contribution in [0.5, 0.6) is 0 Å². The maximum atomic E-state index is 12.2. The Morgan fingerprint density at radius 3 is 2.70 bits per heavy atom. The number of anilines is 2. The van der Waals surface area contributed by atoms with Gasteiger partial charge in [0, 0.05) is 17.1 Å². The Labute approximate surface area is 161 Å². The van der Waals surface area contributed by atoms with Gasteiger partial charge in [-0.25, -0.2) is 0 Å². The van der Waals surface area contributed by atoms with Gasteiger partial charge >= 0.3 is 5.97 Å². The monoisotopic (exact) mass is 384 g/mol. The molecule has 0 bridgehead atoms. The van der Waals surface area contributed by atoms with E-state index in [0.29, 0.717) is 11.4 Å². The molecule has 140 valence electrons. The van der Waals surface area contributed by atoms with E-state index in [1.807, 2.05) is 49.4 Å². The molecule has 1 aliphatic rings. The third kappa shape index (κ3) is 4.89. The smallest absolute Gasteiger partial charge is 0.308 e. The van der Waals surface area contributed by atoms with Crippen LogP contribution < -0.4 is 10.2 Å². The van der Waals surface area contributed by atoms with Crippen molar-refractivity contribution in [3.8, 4) is 0 Å². The molecule has 0 fully saturated rings. The lowest BCUT2D eigenvalue weighted by Gasteiger charge is -2.28. The van der Waals surface area contributed by atoms with Gasteiger partial charge in [-0.05, 0) is 30.7 Å². The molecule has 3 rings (SSSR count). The molecule has 0 aliphatic carbocycles. The van der Waals surface area contributed by atoms with Gasteiger partial charge in [0.1, 0.15) is 0 Å². The van der Waals surface area contributed by atoms with Gasteiger partial charge in [-0.15, -0.1) is 11.8 Å². The average Bonchev–Trinajstić information content (AvgIpc) is 2.67. The van der Waals surface area contributed by atoms with Crippen molar-refractivity contribution in [2.24, 2.45) is 0 Å². The van der Waals surface area contributed by atoms with Crippen LogP contribution in [0.1, 0.15) is 12.0 Å². The number of hydrogen-bond donors (Lipinski definition) is 1. The summed E-state index contributed by atoms with van der Waals surface area (Å²) in [6.07, 6.45) is 0.0301. The second-order valence-corrected chi connectivity index (χ2v) is 7.09. The summed E-state index contributed by atoms with van der Waals surface area (Å²) in [5, 5.41) is 2.71. The van der Waals surface area contributed by atoms with Gasteiger partial charge in [0.05, 0.1) is 17.9 Å². The largest absolute Gasteiger partial charge is 0.456 e. The minimum Gasteiger partial charge on any atom is -0.456 e. The summed E-state index contributed by atoms with van der Waals surface area (Å²) in [6, 6.07) is 15.0. The van der Waals surface area contributed by atoms with Gasteiger partial charge in [0.25, 0.3) is 5.91 Å². The first kappa shape index (κ1) is 19.0. The Hall–Kier alpha value is -2.80.